The molecule has 0 fully saturated rings. The normalized spacial score (nSPS) is 10.6. The molecule has 116 valence electrons. The summed E-state index contributed by atoms with van der Waals surface area (Å²) in [6, 6.07) is 20.3. The minimum absolute atomic E-state index is 0.0991. The minimum Gasteiger partial charge on any atom is -0.356 e. The monoisotopic (exact) mass is 304 g/mol. The summed E-state index contributed by atoms with van der Waals surface area (Å²) in [5.74, 6) is 0.0991. The highest BCUT2D eigenvalue weighted by Crippen LogP contribution is 2.16. The number of carbonyl (C=O) groups excluding carboxylic acids is 1. The molecule has 3 heteroatoms. The molecule has 0 aliphatic rings. The third-order valence-electron chi connectivity index (χ3n) is 3.92. The van der Waals surface area contributed by atoms with Crippen molar-refractivity contribution >= 4 is 16.8 Å². The first-order valence-electron chi connectivity index (χ1n) is 7.96. The summed E-state index contributed by atoms with van der Waals surface area (Å²) in [6.45, 7) is 0.642. The average molecular weight is 304 g/mol. The predicted octanol–water partition coefficient (Wildman–Crippen LogP) is 3.53. The molecule has 0 radical (unpaired) electrons. The molecule has 1 heterocycles. The van der Waals surface area contributed by atoms with Crippen molar-refractivity contribution in [3.8, 4) is 0 Å². The fraction of sp³-hybridized carbons (Fsp3) is 0.200. The molecular weight excluding hydrogens is 284 g/mol. The van der Waals surface area contributed by atoms with E-state index in [1.807, 2.05) is 36.5 Å². The van der Waals surface area contributed by atoms with E-state index in [0.717, 1.165) is 23.7 Å². The van der Waals surface area contributed by atoms with Crippen LogP contribution in [0, 0.1) is 0 Å². The zero-order chi connectivity index (χ0) is 15.9. The Kier molecular flexibility index (Phi) is 4.99. The molecule has 1 N–H and O–H groups in total. The van der Waals surface area contributed by atoms with Gasteiger partial charge in [-0.3, -0.25) is 9.78 Å². The molecule has 0 bridgehead atoms. The molecule has 3 nitrogen and oxygen atoms in total. The summed E-state index contributed by atoms with van der Waals surface area (Å²) in [6.07, 6.45) is 3.91. The van der Waals surface area contributed by atoms with E-state index in [-0.39, 0.29) is 5.91 Å². The second-order valence-corrected chi connectivity index (χ2v) is 5.58. The number of benzene rings is 2. The molecule has 0 aliphatic heterocycles. The van der Waals surface area contributed by atoms with Crippen LogP contribution in [-0.2, 0) is 17.6 Å². The third kappa shape index (κ3) is 4.16. The molecule has 0 spiro atoms. The highest BCUT2D eigenvalue weighted by atomic mass is 16.1. The van der Waals surface area contributed by atoms with Crippen molar-refractivity contribution in [1.29, 1.82) is 0 Å². The van der Waals surface area contributed by atoms with E-state index in [1.165, 1.54) is 11.1 Å². The van der Waals surface area contributed by atoms with Gasteiger partial charge in [0.25, 0.3) is 0 Å². The minimum atomic E-state index is 0.0991. The Morgan fingerprint density at radius 2 is 1.74 bits per heavy atom. The van der Waals surface area contributed by atoms with Crippen molar-refractivity contribution in [3.05, 3.63) is 78.0 Å². The number of fused-ring (bicyclic) bond motifs is 1. The van der Waals surface area contributed by atoms with Gasteiger partial charge < -0.3 is 5.32 Å². The number of pyridine rings is 1. The number of hydrogen-bond donors (Lipinski definition) is 1. The Hall–Kier alpha value is -2.68. The summed E-state index contributed by atoms with van der Waals surface area (Å²) >= 11 is 0. The van der Waals surface area contributed by atoms with Crippen LogP contribution < -0.4 is 5.32 Å². The van der Waals surface area contributed by atoms with E-state index in [2.05, 4.69) is 40.6 Å². The third-order valence-corrected chi connectivity index (χ3v) is 3.92. The number of carbonyl (C=O) groups is 1. The lowest BCUT2D eigenvalue weighted by Crippen LogP contribution is -2.25. The van der Waals surface area contributed by atoms with E-state index in [1.54, 1.807) is 0 Å². The second-order valence-electron chi connectivity index (χ2n) is 5.58. The zero-order valence-corrected chi connectivity index (χ0v) is 13.0. The molecule has 0 aliphatic carbocycles. The Balaban J connectivity index is 1.50. The van der Waals surface area contributed by atoms with Gasteiger partial charge in [-0.05, 0) is 30.0 Å². The van der Waals surface area contributed by atoms with Gasteiger partial charge >= 0.3 is 0 Å². The second kappa shape index (κ2) is 7.54. The summed E-state index contributed by atoms with van der Waals surface area (Å²) < 4.78 is 0. The van der Waals surface area contributed by atoms with Gasteiger partial charge in [0, 0.05) is 24.5 Å². The molecular formula is C20H20N2O. The van der Waals surface area contributed by atoms with Gasteiger partial charge in [0.2, 0.25) is 5.91 Å². The quantitative estimate of drug-likeness (QED) is 0.757. The molecule has 0 unspecified atom stereocenters. The van der Waals surface area contributed by atoms with Crippen LogP contribution in [0.4, 0.5) is 0 Å². The molecule has 3 rings (SSSR count). The maximum absolute atomic E-state index is 11.9. The van der Waals surface area contributed by atoms with Crippen LogP contribution in [0.5, 0.6) is 0 Å². The number of hydrogen-bond acceptors (Lipinski definition) is 2. The molecule has 2 aromatic carbocycles. The maximum Gasteiger partial charge on any atom is 0.220 e. The Morgan fingerprint density at radius 3 is 2.61 bits per heavy atom. The predicted molar refractivity (Wildman–Crippen MR) is 93.2 cm³/mol. The van der Waals surface area contributed by atoms with Crippen LogP contribution in [0.15, 0.2) is 66.9 Å². The van der Waals surface area contributed by atoms with E-state index in [9.17, 15) is 4.79 Å². The van der Waals surface area contributed by atoms with E-state index in [0.29, 0.717) is 13.0 Å². The molecule has 0 saturated heterocycles. The molecule has 3 aromatic rings. The van der Waals surface area contributed by atoms with Gasteiger partial charge in [0.05, 0.1) is 5.52 Å². The summed E-state index contributed by atoms with van der Waals surface area (Å²) in [5.41, 5.74) is 3.39. The van der Waals surface area contributed by atoms with Gasteiger partial charge in [0.1, 0.15) is 0 Å². The Labute approximate surface area is 136 Å². The molecule has 23 heavy (non-hydrogen) atoms. The first kappa shape index (κ1) is 15.2. The fourth-order valence-electron chi connectivity index (χ4n) is 2.70. The SMILES string of the molecule is O=C(CCc1ccccc1)NCCc1cccc2cccnc12. The van der Waals surface area contributed by atoms with Gasteiger partial charge in [-0.25, -0.2) is 0 Å². The lowest BCUT2D eigenvalue weighted by atomic mass is 10.1. The van der Waals surface area contributed by atoms with Gasteiger partial charge in [-0.15, -0.1) is 0 Å². The highest BCUT2D eigenvalue weighted by Gasteiger charge is 2.04. The fourth-order valence-corrected chi connectivity index (χ4v) is 2.70. The molecule has 0 saturated carbocycles. The summed E-state index contributed by atoms with van der Waals surface area (Å²) in [7, 11) is 0. The number of aryl methyl sites for hydroxylation is 1. The first-order valence-corrected chi connectivity index (χ1v) is 7.96. The van der Waals surface area contributed by atoms with Crippen LogP contribution in [0.25, 0.3) is 10.9 Å². The van der Waals surface area contributed by atoms with Crippen molar-refractivity contribution < 1.29 is 4.79 Å². The lowest BCUT2D eigenvalue weighted by Gasteiger charge is -2.07. The number of amides is 1. The molecule has 0 atom stereocenters. The van der Waals surface area contributed by atoms with Gasteiger partial charge in [-0.2, -0.15) is 0 Å². The highest BCUT2D eigenvalue weighted by molar-refractivity contribution is 5.81. The molecule has 1 aromatic heterocycles. The number of aromatic nitrogens is 1. The summed E-state index contributed by atoms with van der Waals surface area (Å²) in [4.78, 5) is 16.4. The van der Waals surface area contributed by atoms with Crippen LogP contribution >= 0.6 is 0 Å². The van der Waals surface area contributed by atoms with Crippen LogP contribution in [-0.4, -0.2) is 17.4 Å². The van der Waals surface area contributed by atoms with Crippen molar-refractivity contribution in [2.75, 3.05) is 6.54 Å². The smallest absolute Gasteiger partial charge is 0.220 e. The van der Waals surface area contributed by atoms with Crippen molar-refractivity contribution in [2.45, 2.75) is 19.3 Å². The zero-order valence-electron chi connectivity index (χ0n) is 13.0. The van der Waals surface area contributed by atoms with Crippen LogP contribution in [0.1, 0.15) is 17.5 Å². The number of nitrogens with zero attached hydrogens (tertiary/aromatic N) is 1. The van der Waals surface area contributed by atoms with Gasteiger partial charge in [-0.1, -0.05) is 54.6 Å². The lowest BCUT2D eigenvalue weighted by molar-refractivity contribution is -0.121. The number of rotatable bonds is 6. The number of para-hydroxylation sites is 1. The largest absolute Gasteiger partial charge is 0.356 e. The Bertz CT molecular complexity index is 779. The van der Waals surface area contributed by atoms with E-state index < -0.39 is 0 Å². The Morgan fingerprint density at radius 1 is 0.913 bits per heavy atom. The van der Waals surface area contributed by atoms with Crippen LogP contribution in [0.2, 0.25) is 0 Å². The van der Waals surface area contributed by atoms with E-state index in [4.69, 9.17) is 0 Å². The van der Waals surface area contributed by atoms with E-state index >= 15 is 0 Å². The van der Waals surface area contributed by atoms with Crippen LogP contribution in [0.3, 0.4) is 0 Å². The van der Waals surface area contributed by atoms with Crippen molar-refractivity contribution in [2.24, 2.45) is 0 Å². The number of nitrogens with one attached hydrogen (secondary N) is 1. The topological polar surface area (TPSA) is 42.0 Å². The summed E-state index contributed by atoms with van der Waals surface area (Å²) in [5, 5.41) is 4.14. The first-order chi connectivity index (χ1) is 11.3. The van der Waals surface area contributed by atoms with Gasteiger partial charge in [0.15, 0.2) is 0 Å². The maximum atomic E-state index is 11.9. The standard InChI is InChI=1S/C20H20N2O/c23-19(12-11-16-6-2-1-3-7-16)21-15-13-18-9-4-8-17-10-5-14-22-20(17)18/h1-10,14H,11-13,15H2,(H,21,23). The molecule has 1 amide bonds. The average Bonchev–Trinajstić information content (AvgIpc) is 2.61. The van der Waals surface area contributed by atoms with Crippen molar-refractivity contribution in [3.63, 3.8) is 0 Å². The van der Waals surface area contributed by atoms with Crippen molar-refractivity contribution in [1.82, 2.24) is 10.3 Å².